The molecule has 0 spiro atoms. The monoisotopic (exact) mass is 241 g/mol. The predicted octanol–water partition coefficient (Wildman–Crippen LogP) is 3.68. The van der Waals surface area contributed by atoms with E-state index in [1.807, 2.05) is 0 Å². The molecule has 0 saturated heterocycles. The molecule has 0 amide bonds. The van der Waals surface area contributed by atoms with Gasteiger partial charge in [-0.25, -0.2) is 0 Å². The van der Waals surface area contributed by atoms with Gasteiger partial charge >= 0.3 is 0 Å². The van der Waals surface area contributed by atoms with E-state index in [9.17, 15) is 0 Å². The fourth-order valence-corrected chi connectivity index (χ4v) is 3.20. The zero-order valence-corrected chi connectivity index (χ0v) is 11.2. The minimum Gasteiger partial charge on any atom is -0.391 e. The highest BCUT2D eigenvalue weighted by atomic mass is 16.6. The van der Waals surface area contributed by atoms with Gasteiger partial charge in [-0.2, -0.15) is 0 Å². The summed E-state index contributed by atoms with van der Waals surface area (Å²) in [6.45, 7) is 6.48. The van der Waals surface area contributed by atoms with Crippen LogP contribution in [0.15, 0.2) is 29.4 Å². The number of hydrogen-bond donors (Lipinski definition) is 0. The van der Waals surface area contributed by atoms with Crippen LogP contribution in [0, 0.1) is 26.7 Å². The maximum Gasteiger partial charge on any atom is 0.139 e. The first kappa shape index (κ1) is 11.5. The molecule has 0 bridgehead atoms. The van der Waals surface area contributed by atoms with E-state index < -0.39 is 0 Å². The van der Waals surface area contributed by atoms with Crippen molar-refractivity contribution in [1.29, 1.82) is 0 Å². The molecule has 0 saturated carbocycles. The van der Waals surface area contributed by atoms with Crippen LogP contribution < -0.4 is 0 Å². The molecule has 94 valence electrons. The van der Waals surface area contributed by atoms with E-state index in [1.54, 1.807) is 0 Å². The Morgan fingerprint density at radius 2 is 1.72 bits per heavy atom. The highest BCUT2D eigenvalue weighted by Crippen LogP contribution is 2.33. The van der Waals surface area contributed by atoms with Crippen molar-refractivity contribution in [2.24, 2.45) is 11.1 Å². The Hall–Kier alpha value is -1.57. The summed E-state index contributed by atoms with van der Waals surface area (Å²) in [5.41, 5.74) is 6.38. The maximum absolute atomic E-state index is 5.60. The third-order valence-electron chi connectivity index (χ3n) is 3.94. The minimum atomic E-state index is 0.255. The van der Waals surface area contributed by atoms with E-state index in [1.165, 1.54) is 22.3 Å². The Bertz CT molecular complexity index is 519. The molecule has 18 heavy (non-hydrogen) atoms. The van der Waals surface area contributed by atoms with Crippen molar-refractivity contribution in [2.45, 2.75) is 39.7 Å². The van der Waals surface area contributed by atoms with Crippen molar-refractivity contribution in [3.63, 3.8) is 0 Å². The largest absolute Gasteiger partial charge is 0.391 e. The van der Waals surface area contributed by atoms with Crippen molar-refractivity contribution in [3.8, 4) is 0 Å². The first-order chi connectivity index (χ1) is 8.66. The zero-order valence-electron chi connectivity index (χ0n) is 11.2. The normalized spacial score (nSPS) is 25.6. The molecule has 0 N–H and O–H groups in total. The highest BCUT2D eigenvalue weighted by Gasteiger charge is 2.36. The van der Waals surface area contributed by atoms with E-state index in [0.717, 1.165) is 18.6 Å². The molecule has 1 aliphatic heterocycles. The quantitative estimate of drug-likeness (QED) is 0.687. The van der Waals surface area contributed by atoms with E-state index >= 15 is 0 Å². The van der Waals surface area contributed by atoms with Gasteiger partial charge in [0, 0.05) is 17.9 Å². The van der Waals surface area contributed by atoms with Gasteiger partial charge in [-0.15, -0.1) is 0 Å². The van der Waals surface area contributed by atoms with Gasteiger partial charge in [-0.3, -0.25) is 0 Å². The van der Waals surface area contributed by atoms with Crippen LogP contribution in [0.3, 0.4) is 0 Å². The predicted molar refractivity (Wildman–Crippen MR) is 73.9 cm³/mol. The average molecular weight is 241 g/mol. The van der Waals surface area contributed by atoms with Gasteiger partial charge in [-0.05, 0) is 38.3 Å². The first-order valence-corrected chi connectivity index (χ1v) is 6.63. The molecular weight excluding hydrogens is 222 g/mol. The standard InChI is InChI=1S/C16H19NO/c1-10-8-11(2)15(12(3)9-10)16-13-6-4-5-7-14(13)18-17-16/h4-5,8-9,13-14H,6-7H2,1-3H3. The Labute approximate surface area is 108 Å². The second kappa shape index (κ2) is 4.27. The number of nitrogens with zero attached hydrogens (tertiary/aromatic N) is 1. The van der Waals surface area contributed by atoms with Crippen LogP contribution in [0.25, 0.3) is 0 Å². The fourth-order valence-electron chi connectivity index (χ4n) is 3.20. The second-order valence-corrected chi connectivity index (χ2v) is 5.44. The van der Waals surface area contributed by atoms with Gasteiger partial charge < -0.3 is 4.84 Å². The van der Waals surface area contributed by atoms with Gasteiger partial charge in [0.25, 0.3) is 0 Å². The smallest absolute Gasteiger partial charge is 0.139 e. The van der Waals surface area contributed by atoms with Crippen molar-refractivity contribution in [1.82, 2.24) is 0 Å². The SMILES string of the molecule is Cc1cc(C)c(C2=NOC3CC=CCC23)c(C)c1. The van der Waals surface area contributed by atoms with Crippen LogP contribution >= 0.6 is 0 Å². The molecule has 2 atom stereocenters. The van der Waals surface area contributed by atoms with E-state index in [-0.39, 0.29) is 6.10 Å². The molecule has 0 fully saturated rings. The third-order valence-corrected chi connectivity index (χ3v) is 3.94. The average Bonchev–Trinajstić information content (AvgIpc) is 2.72. The van der Waals surface area contributed by atoms with Gasteiger partial charge in [-0.1, -0.05) is 35.0 Å². The lowest BCUT2D eigenvalue weighted by Crippen LogP contribution is -2.26. The lowest BCUT2D eigenvalue weighted by atomic mass is 9.82. The Kier molecular flexibility index (Phi) is 2.73. The van der Waals surface area contributed by atoms with Crippen LogP contribution in [0.1, 0.15) is 35.1 Å². The van der Waals surface area contributed by atoms with Gasteiger partial charge in [0.05, 0.1) is 5.71 Å². The molecule has 1 heterocycles. The maximum atomic E-state index is 5.60. The number of rotatable bonds is 1. The van der Waals surface area contributed by atoms with Gasteiger partial charge in [0.1, 0.15) is 6.10 Å². The van der Waals surface area contributed by atoms with E-state index in [0.29, 0.717) is 5.92 Å². The van der Waals surface area contributed by atoms with E-state index in [2.05, 4.69) is 50.2 Å². The number of oxime groups is 1. The molecule has 0 radical (unpaired) electrons. The summed E-state index contributed by atoms with van der Waals surface area (Å²) in [5.74, 6) is 0.440. The number of hydrogen-bond acceptors (Lipinski definition) is 2. The lowest BCUT2D eigenvalue weighted by molar-refractivity contribution is 0.0618. The molecule has 1 aromatic carbocycles. The van der Waals surface area contributed by atoms with Crippen LogP contribution in [-0.4, -0.2) is 11.8 Å². The molecule has 2 nitrogen and oxygen atoms in total. The van der Waals surface area contributed by atoms with Crippen LogP contribution in [-0.2, 0) is 4.84 Å². The van der Waals surface area contributed by atoms with Gasteiger partial charge in [0.15, 0.2) is 0 Å². The molecule has 1 aromatic rings. The van der Waals surface area contributed by atoms with Crippen LogP contribution in [0.5, 0.6) is 0 Å². The number of fused-ring (bicyclic) bond motifs is 1. The Morgan fingerprint density at radius 1 is 1.06 bits per heavy atom. The summed E-state index contributed by atoms with van der Waals surface area (Å²) in [6.07, 6.45) is 6.75. The topological polar surface area (TPSA) is 21.6 Å². The molecular formula is C16H19NO. The summed E-state index contributed by atoms with van der Waals surface area (Å²) in [5, 5.41) is 4.38. The minimum absolute atomic E-state index is 0.255. The molecule has 2 aliphatic rings. The zero-order chi connectivity index (χ0) is 12.7. The molecule has 3 rings (SSSR count). The Morgan fingerprint density at radius 3 is 2.44 bits per heavy atom. The number of aryl methyl sites for hydroxylation is 3. The van der Waals surface area contributed by atoms with Crippen molar-refractivity contribution in [2.75, 3.05) is 0 Å². The van der Waals surface area contributed by atoms with E-state index in [4.69, 9.17) is 4.84 Å². The molecule has 2 unspecified atom stereocenters. The van der Waals surface area contributed by atoms with Crippen molar-refractivity contribution in [3.05, 3.63) is 46.5 Å². The van der Waals surface area contributed by atoms with Gasteiger partial charge in [0.2, 0.25) is 0 Å². The third kappa shape index (κ3) is 1.76. The summed E-state index contributed by atoms with van der Waals surface area (Å²) in [6, 6.07) is 4.47. The van der Waals surface area contributed by atoms with Crippen molar-refractivity contribution >= 4 is 5.71 Å². The second-order valence-electron chi connectivity index (χ2n) is 5.44. The molecule has 1 aliphatic carbocycles. The highest BCUT2D eigenvalue weighted by molar-refractivity contribution is 6.05. The first-order valence-electron chi connectivity index (χ1n) is 6.63. The van der Waals surface area contributed by atoms with Crippen LogP contribution in [0.4, 0.5) is 0 Å². The van der Waals surface area contributed by atoms with Crippen LogP contribution in [0.2, 0.25) is 0 Å². The summed E-state index contributed by atoms with van der Waals surface area (Å²) in [4.78, 5) is 5.60. The fraction of sp³-hybridized carbons (Fsp3) is 0.438. The number of allylic oxidation sites excluding steroid dienone is 1. The molecule has 0 aromatic heterocycles. The summed E-state index contributed by atoms with van der Waals surface area (Å²) in [7, 11) is 0. The summed E-state index contributed by atoms with van der Waals surface area (Å²) < 4.78 is 0. The molecule has 2 heteroatoms. The number of benzene rings is 1. The summed E-state index contributed by atoms with van der Waals surface area (Å²) >= 11 is 0. The van der Waals surface area contributed by atoms with Crippen molar-refractivity contribution < 1.29 is 4.84 Å². The Balaban J connectivity index is 2.03. The lowest BCUT2D eigenvalue weighted by Gasteiger charge is -2.21.